The second-order valence-electron chi connectivity index (χ2n) is 6.30. The number of hydrogen-bond donors (Lipinski definition) is 2. The summed E-state index contributed by atoms with van der Waals surface area (Å²) in [6.45, 7) is 0. The number of nitrogens with two attached hydrogens (primary N) is 1. The molecule has 2 aliphatic carbocycles. The SMILES string of the molecule is NC(=NC1CC1c1ccccc1)Nc1ccc2c(c1)CCC2. The monoisotopic (exact) mass is 291 g/mol. The van der Waals surface area contributed by atoms with Crippen LogP contribution in [0.15, 0.2) is 53.5 Å². The lowest BCUT2D eigenvalue weighted by atomic mass is 10.1. The molecule has 3 heteroatoms. The molecule has 2 aromatic rings. The van der Waals surface area contributed by atoms with Gasteiger partial charge in [0.05, 0.1) is 6.04 Å². The number of nitrogens with one attached hydrogen (secondary N) is 1. The van der Waals surface area contributed by atoms with Crippen LogP contribution in [0.3, 0.4) is 0 Å². The highest BCUT2D eigenvalue weighted by molar-refractivity contribution is 5.92. The molecule has 2 aromatic carbocycles. The molecule has 0 aliphatic heterocycles. The van der Waals surface area contributed by atoms with Crippen molar-refractivity contribution in [3.63, 3.8) is 0 Å². The Hall–Kier alpha value is -2.29. The number of rotatable bonds is 3. The van der Waals surface area contributed by atoms with Gasteiger partial charge in [0.15, 0.2) is 5.96 Å². The molecule has 2 aliphatic rings. The second-order valence-corrected chi connectivity index (χ2v) is 6.30. The first-order valence-electron chi connectivity index (χ1n) is 8.06. The summed E-state index contributed by atoms with van der Waals surface area (Å²) >= 11 is 0. The molecule has 4 rings (SSSR count). The fraction of sp³-hybridized carbons (Fsp3) is 0.316. The second kappa shape index (κ2) is 5.48. The number of nitrogens with zero attached hydrogens (tertiary/aromatic N) is 1. The lowest BCUT2D eigenvalue weighted by molar-refractivity contribution is 0.912. The molecule has 1 fully saturated rings. The van der Waals surface area contributed by atoms with Gasteiger partial charge in [-0.1, -0.05) is 36.4 Å². The van der Waals surface area contributed by atoms with Gasteiger partial charge in [0.1, 0.15) is 0 Å². The van der Waals surface area contributed by atoms with E-state index < -0.39 is 0 Å². The minimum Gasteiger partial charge on any atom is -0.370 e. The smallest absolute Gasteiger partial charge is 0.193 e. The largest absolute Gasteiger partial charge is 0.370 e. The van der Waals surface area contributed by atoms with Crippen LogP contribution in [0.25, 0.3) is 0 Å². The van der Waals surface area contributed by atoms with Crippen LogP contribution in [-0.4, -0.2) is 12.0 Å². The van der Waals surface area contributed by atoms with E-state index in [1.807, 2.05) is 6.07 Å². The predicted octanol–water partition coefficient (Wildman–Crippen LogP) is 3.46. The zero-order chi connectivity index (χ0) is 14.9. The molecule has 0 radical (unpaired) electrons. The molecule has 0 heterocycles. The topological polar surface area (TPSA) is 50.4 Å². The first-order valence-corrected chi connectivity index (χ1v) is 8.06. The third kappa shape index (κ3) is 2.71. The van der Waals surface area contributed by atoms with Gasteiger partial charge in [-0.15, -0.1) is 0 Å². The third-order valence-electron chi connectivity index (χ3n) is 4.66. The summed E-state index contributed by atoms with van der Waals surface area (Å²) < 4.78 is 0. The highest BCUT2D eigenvalue weighted by Crippen LogP contribution is 2.43. The molecule has 3 N–H and O–H groups in total. The normalized spacial score (nSPS) is 23.2. The van der Waals surface area contributed by atoms with Crippen molar-refractivity contribution < 1.29 is 0 Å². The molecular formula is C19H21N3. The fourth-order valence-corrected chi connectivity index (χ4v) is 3.39. The van der Waals surface area contributed by atoms with E-state index in [4.69, 9.17) is 5.73 Å². The highest BCUT2D eigenvalue weighted by Gasteiger charge is 2.38. The van der Waals surface area contributed by atoms with Crippen LogP contribution in [0.2, 0.25) is 0 Å². The number of aliphatic imine (C=N–C) groups is 1. The van der Waals surface area contributed by atoms with Crippen LogP contribution in [0, 0.1) is 0 Å². The van der Waals surface area contributed by atoms with Crippen molar-refractivity contribution in [3.8, 4) is 0 Å². The Kier molecular flexibility index (Phi) is 3.34. The van der Waals surface area contributed by atoms with Crippen LogP contribution < -0.4 is 11.1 Å². The van der Waals surface area contributed by atoms with E-state index in [0.29, 0.717) is 17.9 Å². The zero-order valence-corrected chi connectivity index (χ0v) is 12.6. The maximum atomic E-state index is 6.07. The molecule has 0 aromatic heterocycles. The van der Waals surface area contributed by atoms with Gasteiger partial charge in [-0.3, -0.25) is 0 Å². The van der Waals surface area contributed by atoms with Crippen LogP contribution in [0.1, 0.15) is 35.4 Å². The maximum absolute atomic E-state index is 6.07. The molecule has 1 saturated carbocycles. The van der Waals surface area contributed by atoms with E-state index in [2.05, 4.69) is 52.8 Å². The molecule has 112 valence electrons. The van der Waals surface area contributed by atoms with E-state index in [0.717, 1.165) is 12.1 Å². The summed E-state index contributed by atoms with van der Waals surface area (Å²) in [5, 5.41) is 3.24. The van der Waals surface area contributed by atoms with Gasteiger partial charge in [0.25, 0.3) is 0 Å². The summed E-state index contributed by atoms with van der Waals surface area (Å²) in [5.41, 5.74) is 11.4. The number of guanidine groups is 1. The van der Waals surface area contributed by atoms with Gasteiger partial charge in [0.2, 0.25) is 0 Å². The van der Waals surface area contributed by atoms with E-state index in [1.54, 1.807) is 0 Å². The molecule has 0 saturated heterocycles. The summed E-state index contributed by atoms with van der Waals surface area (Å²) in [6, 6.07) is 17.4. The lowest BCUT2D eigenvalue weighted by Gasteiger charge is -2.08. The summed E-state index contributed by atoms with van der Waals surface area (Å²) in [6.07, 6.45) is 4.75. The Morgan fingerprint density at radius 3 is 2.73 bits per heavy atom. The van der Waals surface area contributed by atoms with Crippen molar-refractivity contribution in [3.05, 3.63) is 65.2 Å². The molecule has 2 unspecified atom stereocenters. The number of hydrogen-bond acceptors (Lipinski definition) is 1. The molecule has 2 atom stereocenters. The minimum atomic E-state index is 0.323. The molecule has 0 bridgehead atoms. The Bertz CT molecular complexity index is 706. The van der Waals surface area contributed by atoms with Crippen LogP contribution in [0.5, 0.6) is 0 Å². The van der Waals surface area contributed by atoms with Crippen LogP contribution in [0.4, 0.5) is 5.69 Å². The first-order chi connectivity index (χ1) is 10.8. The van der Waals surface area contributed by atoms with Gasteiger partial charge < -0.3 is 11.1 Å². The van der Waals surface area contributed by atoms with Crippen molar-refractivity contribution >= 4 is 11.6 Å². The van der Waals surface area contributed by atoms with Gasteiger partial charge in [-0.25, -0.2) is 4.99 Å². The van der Waals surface area contributed by atoms with Gasteiger partial charge in [-0.2, -0.15) is 0 Å². The van der Waals surface area contributed by atoms with Crippen molar-refractivity contribution in [1.82, 2.24) is 0 Å². The quantitative estimate of drug-likeness (QED) is 0.672. The fourth-order valence-electron chi connectivity index (χ4n) is 3.39. The number of fused-ring (bicyclic) bond motifs is 1. The Balaban J connectivity index is 1.41. The summed E-state index contributed by atoms with van der Waals surface area (Å²) in [4.78, 5) is 4.62. The maximum Gasteiger partial charge on any atom is 0.193 e. The van der Waals surface area contributed by atoms with Crippen LogP contribution in [-0.2, 0) is 12.8 Å². The average molecular weight is 291 g/mol. The molecule has 0 amide bonds. The average Bonchev–Trinajstić information content (AvgIpc) is 3.13. The standard InChI is InChI=1S/C19H21N3/c20-19(21-16-10-9-13-7-4-8-15(13)11-16)22-18-12-17(18)14-5-2-1-3-6-14/h1-3,5-6,9-11,17-18H,4,7-8,12H2,(H3,20,21,22). The van der Waals surface area contributed by atoms with E-state index >= 15 is 0 Å². The Morgan fingerprint density at radius 1 is 1.05 bits per heavy atom. The number of aryl methyl sites for hydroxylation is 2. The zero-order valence-electron chi connectivity index (χ0n) is 12.6. The van der Waals surface area contributed by atoms with Crippen LogP contribution >= 0.6 is 0 Å². The van der Waals surface area contributed by atoms with Gasteiger partial charge >= 0.3 is 0 Å². The molecule has 0 spiro atoms. The van der Waals surface area contributed by atoms with Gasteiger partial charge in [0, 0.05) is 11.6 Å². The van der Waals surface area contributed by atoms with Crippen molar-refractivity contribution in [2.24, 2.45) is 10.7 Å². The third-order valence-corrected chi connectivity index (χ3v) is 4.66. The van der Waals surface area contributed by atoms with Crippen molar-refractivity contribution in [2.45, 2.75) is 37.6 Å². The lowest BCUT2D eigenvalue weighted by Crippen LogP contribution is -2.23. The van der Waals surface area contributed by atoms with Crippen molar-refractivity contribution in [1.29, 1.82) is 0 Å². The number of anilines is 1. The van der Waals surface area contributed by atoms with Gasteiger partial charge in [-0.05, 0) is 54.5 Å². The van der Waals surface area contributed by atoms with Crippen molar-refractivity contribution in [2.75, 3.05) is 5.32 Å². The predicted molar refractivity (Wildman–Crippen MR) is 91.3 cm³/mol. The summed E-state index contributed by atoms with van der Waals surface area (Å²) in [7, 11) is 0. The minimum absolute atomic E-state index is 0.323. The van der Waals surface area contributed by atoms with E-state index in [-0.39, 0.29) is 0 Å². The van der Waals surface area contributed by atoms with E-state index in [1.165, 1.54) is 36.0 Å². The highest BCUT2D eigenvalue weighted by atomic mass is 15.1. The van der Waals surface area contributed by atoms with E-state index in [9.17, 15) is 0 Å². The molecular weight excluding hydrogens is 270 g/mol. The first kappa shape index (κ1) is 13.4. The molecule has 22 heavy (non-hydrogen) atoms. The summed E-state index contributed by atoms with van der Waals surface area (Å²) in [5.74, 6) is 1.06. The Morgan fingerprint density at radius 2 is 1.86 bits per heavy atom. The molecule has 3 nitrogen and oxygen atoms in total. The number of benzene rings is 2. The Labute approximate surface area is 131 Å².